The van der Waals surface area contributed by atoms with Crippen LogP contribution in [0, 0.1) is 6.92 Å². The summed E-state index contributed by atoms with van der Waals surface area (Å²) >= 11 is 0. The van der Waals surface area contributed by atoms with Gasteiger partial charge in [0.1, 0.15) is 17.0 Å². The third-order valence-electron chi connectivity index (χ3n) is 5.12. The largest absolute Gasteiger partial charge is 0.348 e. The maximum absolute atomic E-state index is 12.8. The molecular weight excluding hydrogens is 316 g/mol. The van der Waals surface area contributed by atoms with Gasteiger partial charge in [0.25, 0.3) is 11.5 Å². The molecule has 1 amide bonds. The molecule has 0 aliphatic heterocycles. The van der Waals surface area contributed by atoms with Gasteiger partial charge in [0.15, 0.2) is 0 Å². The molecule has 1 aliphatic carbocycles. The van der Waals surface area contributed by atoms with Crippen molar-refractivity contribution >= 4 is 22.6 Å². The van der Waals surface area contributed by atoms with Crippen molar-refractivity contribution in [3.05, 3.63) is 46.0 Å². The lowest BCUT2D eigenvalue weighted by Gasteiger charge is -2.22. The number of aryl methyl sites for hydroxylation is 2. The number of fused-ring (bicyclic) bond motifs is 2. The highest BCUT2D eigenvalue weighted by atomic mass is 16.2. The van der Waals surface area contributed by atoms with E-state index in [2.05, 4.69) is 10.3 Å². The van der Waals surface area contributed by atoms with Crippen molar-refractivity contribution < 1.29 is 4.79 Å². The van der Waals surface area contributed by atoms with Crippen molar-refractivity contribution in [2.45, 2.75) is 45.1 Å². The number of hydrogen-bond acceptors (Lipinski definition) is 3. The van der Waals surface area contributed by atoms with Crippen LogP contribution in [-0.4, -0.2) is 25.9 Å². The first-order valence-electron chi connectivity index (χ1n) is 8.84. The van der Waals surface area contributed by atoms with E-state index in [1.165, 1.54) is 6.42 Å². The number of pyridine rings is 1. The molecule has 0 spiro atoms. The van der Waals surface area contributed by atoms with Crippen molar-refractivity contribution in [1.82, 2.24) is 19.3 Å². The summed E-state index contributed by atoms with van der Waals surface area (Å²) in [4.78, 5) is 30.1. The van der Waals surface area contributed by atoms with Crippen LogP contribution in [0.4, 0.5) is 0 Å². The fraction of sp³-hybridized carbons (Fsp3) is 0.421. The van der Waals surface area contributed by atoms with Gasteiger partial charge >= 0.3 is 0 Å². The second kappa shape index (κ2) is 6.02. The summed E-state index contributed by atoms with van der Waals surface area (Å²) in [7, 11) is 1.79. The van der Waals surface area contributed by atoms with Crippen molar-refractivity contribution in [3.63, 3.8) is 0 Å². The van der Waals surface area contributed by atoms with Gasteiger partial charge in [-0.3, -0.25) is 14.0 Å². The Balaban J connectivity index is 1.78. The van der Waals surface area contributed by atoms with Crippen LogP contribution < -0.4 is 10.9 Å². The van der Waals surface area contributed by atoms with Crippen molar-refractivity contribution in [2.24, 2.45) is 7.05 Å². The van der Waals surface area contributed by atoms with E-state index in [0.29, 0.717) is 22.4 Å². The van der Waals surface area contributed by atoms with Gasteiger partial charge in [-0.1, -0.05) is 25.3 Å². The third kappa shape index (κ3) is 2.71. The van der Waals surface area contributed by atoms with Crippen LogP contribution in [0.25, 0.3) is 16.7 Å². The van der Waals surface area contributed by atoms with Crippen LogP contribution >= 0.6 is 0 Å². The van der Waals surface area contributed by atoms with Crippen LogP contribution in [0.3, 0.4) is 0 Å². The van der Waals surface area contributed by atoms with Gasteiger partial charge in [-0.25, -0.2) is 4.98 Å². The van der Waals surface area contributed by atoms with Gasteiger partial charge in [0.05, 0.1) is 5.39 Å². The van der Waals surface area contributed by atoms with E-state index in [-0.39, 0.29) is 17.5 Å². The first-order chi connectivity index (χ1) is 12.0. The summed E-state index contributed by atoms with van der Waals surface area (Å²) < 4.78 is 3.26. The van der Waals surface area contributed by atoms with Gasteiger partial charge in [0, 0.05) is 19.3 Å². The Morgan fingerprint density at radius 2 is 2.00 bits per heavy atom. The van der Waals surface area contributed by atoms with Crippen LogP contribution in [-0.2, 0) is 7.05 Å². The minimum absolute atomic E-state index is 0.128. The summed E-state index contributed by atoms with van der Waals surface area (Å²) in [6.45, 7) is 1.93. The second-order valence-corrected chi connectivity index (χ2v) is 6.99. The molecule has 3 heterocycles. The Kier molecular flexibility index (Phi) is 3.82. The van der Waals surface area contributed by atoms with Gasteiger partial charge in [-0.15, -0.1) is 0 Å². The molecule has 1 saturated carbocycles. The summed E-state index contributed by atoms with van der Waals surface area (Å²) in [5.41, 5.74) is 2.46. The summed E-state index contributed by atoms with van der Waals surface area (Å²) in [5.74, 6) is -0.128. The topological polar surface area (TPSA) is 68.4 Å². The molecule has 0 unspecified atom stereocenters. The zero-order chi connectivity index (χ0) is 17.6. The molecule has 25 heavy (non-hydrogen) atoms. The summed E-state index contributed by atoms with van der Waals surface area (Å²) in [6, 6.07) is 5.64. The Bertz CT molecular complexity index is 1030. The van der Waals surface area contributed by atoms with E-state index < -0.39 is 0 Å². The number of carbonyl (C=O) groups is 1. The molecule has 1 fully saturated rings. The Morgan fingerprint density at radius 3 is 2.76 bits per heavy atom. The number of nitrogens with zero attached hydrogens (tertiary/aromatic N) is 3. The number of amides is 1. The van der Waals surface area contributed by atoms with E-state index in [1.807, 2.05) is 19.1 Å². The monoisotopic (exact) mass is 338 g/mol. The molecule has 6 nitrogen and oxygen atoms in total. The number of hydrogen-bond donors (Lipinski definition) is 1. The first-order valence-corrected chi connectivity index (χ1v) is 8.84. The Hall–Kier alpha value is -2.63. The highest BCUT2D eigenvalue weighted by Crippen LogP contribution is 2.19. The Labute approximate surface area is 145 Å². The van der Waals surface area contributed by atoms with E-state index >= 15 is 0 Å². The SMILES string of the molecule is Cc1ccc2nc3c(cc(C(=O)NC4CCCCC4)n3C)c(=O)n2c1. The van der Waals surface area contributed by atoms with Crippen LogP contribution in [0.15, 0.2) is 29.2 Å². The van der Waals surface area contributed by atoms with Crippen molar-refractivity contribution in [3.8, 4) is 0 Å². The smallest absolute Gasteiger partial charge is 0.268 e. The lowest BCUT2D eigenvalue weighted by Crippen LogP contribution is -2.37. The lowest BCUT2D eigenvalue weighted by molar-refractivity contribution is 0.0920. The van der Waals surface area contributed by atoms with Crippen molar-refractivity contribution in [2.75, 3.05) is 0 Å². The molecule has 6 heteroatoms. The molecule has 0 atom stereocenters. The van der Waals surface area contributed by atoms with Crippen molar-refractivity contribution in [1.29, 1.82) is 0 Å². The average molecular weight is 338 g/mol. The second-order valence-electron chi connectivity index (χ2n) is 6.99. The predicted molar refractivity (Wildman–Crippen MR) is 97.0 cm³/mol. The first kappa shape index (κ1) is 15.9. The van der Waals surface area contributed by atoms with Crippen LogP contribution in [0.1, 0.15) is 48.2 Å². The molecule has 4 rings (SSSR count). The molecule has 0 radical (unpaired) electrons. The van der Waals surface area contributed by atoms with Gasteiger partial charge in [-0.05, 0) is 37.5 Å². The zero-order valence-electron chi connectivity index (χ0n) is 14.6. The quantitative estimate of drug-likeness (QED) is 0.781. The minimum Gasteiger partial charge on any atom is -0.348 e. The lowest BCUT2D eigenvalue weighted by atomic mass is 9.95. The standard InChI is InChI=1S/C19H22N4O2/c1-12-8-9-16-21-17-14(19(25)23(16)11-12)10-15(22(17)2)18(24)20-13-6-4-3-5-7-13/h8-11,13H,3-7H2,1-2H3,(H,20,24). The fourth-order valence-corrected chi connectivity index (χ4v) is 3.70. The van der Waals surface area contributed by atoms with Crippen LogP contribution in [0.5, 0.6) is 0 Å². The average Bonchev–Trinajstić information content (AvgIpc) is 2.94. The molecule has 0 bridgehead atoms. The fourth-order valence-electron chi connectivity index (χ4n) is 3.70. The number of carbonyl (C=O) groups excluding carboxylic acids is 1. The summed E-state index contributed by atoms with van der Waals surface area (Å²) in [6.07, 6.45) is 7.40. The number of aromatic nitrogens is 3. The molecule has 130 valence electrons. The third-order valence-corrected chi connectivity index (χ3v) is 5.12. The minimum atomic E-state index is -0.143. The molecule has 0 aromatic carbocycles. The molecule has 1 aliphatic rings. The number of rotatable bonds is 2. The summed E-state index contributed by atoms with van der Waals surface area (Å²) in [5, 5.41) is 3.58. The van der Waals surface area contributed by atoms with Crippen LogP contribution in [0.2, 0.25) is 0 Å². The van der Waals surface area contributed by atoms with E-state index in [4.69, 9.17) is 0 Å². The molecule has 1 N–H and O–H groups in total. The normalized spacial score (nSPS) is 15.8. The zero-order valence-corrected chi connectivity index (χ0v) is 14.6. The highest BCUT2D eigenvalue weighted by Gasteiger charge is 2.21. The maximum Gasteiger partial charge on any atom is 0.268 e. The Morgan fingerprint density at radius 1 is 1.24 bits per heavy atom. The number of nitrogens with one attached hydrogen (secondary N) is 1. The van der Waals surface area contributed by atoms with E-state index in [1.54, 1.807) is 28.3 Å². The molecule has 3 aromatic heterocycles. The highest BCUT2D eigenvalue weighted by molar-refractivity contribution is 5.98. The molecule has 3 aromatic rings. The van der Waals surface area contributed by atoms with Gasteiger partial charge < -0.3 is 9.88 Å². The molecule has 0 saturated heterocycles. The van der Waals surface area contributed by atoms with Gasteiger partial charge in [-0.2, -0.15) is 0 Å². The van der Waals surface area contributed by atoms with Gasteiger partial charge in [0.2, 0.25) is 0 Å². The van der Waals surface area contributed by atoms with E-state index in [0.717, 1.165) is 31.2 Å². The van der Waals surface area contributed by atoms with E-state index in [9.17, 15) is 9.59 Å². The molecular formula is C19H22N4O2. The predicted octanol–water partition coefficient (Wildman–Crippen LogP) is 2.56. The maximum atomic E-state index is 12.8.